The fourth-order valence-corrected chi connectivity index (χ4v) is 3.43. The van der Waals surface area contributed by atoms with Gasteiger partial charge in [-0.1, -0.05) is 26.0 Å². The molecule has 1 amide bonds. The van der Waals surface area contributed by atoms with E-state index in [9.17, 15) is 4.79 Å². The molecule has 0 N–H and O–H groups in total. The van der Waals surface area contributed by atoms with E-state index >= 15 is 0 Å². The number of nitrogens with zero attached hydrogens (tertiary/aromatic N) is 1. The van der Waals surface area contributed by atoms with Crippen LogP contribution in [0.3, 0.4) is 0 Å². The average Bonchev–Trinajstić information content (AvgIpc) is 2.45. The summed E-state index contributed by atoms with van der Waals surface area (Å²) < 4.78 is 0. The summed E-state index contributed by atoms with van der Waals surface area (Å²) in [6.45, 7) is 7.50. The largest absolute Gasteiger partial charge is 0.339 e. The Balaban J connectivity index is 1.86. The van der Waals surface area contributed by atoms with Crippen LogP contribution in [0, 0.1) is 0 Å². The van der Waals surface area contributed by atoms with Crippen molar-refractivity contribution in [2.24, 2.45) is 0 Å². The first-order valence-corrected chi connectivity index (χ1v) is 8.58. The van der Waals surface area contributed by atoms with Gasteiger partial charge in [0.2, 0.25) is 5.91 Å². The van der Waals surface area contributed by atoms with Crippen molar-refractivity contribution in [3.63, 3.8) is 0 Å². The predicted molar refractivity (Wildman–Crippen MR) is 86.3 cm³/mol. The van der Waals surface area contributed by atoms with Gasteiger partial charge >= 0.3 is 0 Å². The Morgan fingerprint density at radius 1 is 1.30 bits per heavy atom. The Bertz CT molecular complexity index is 441. The second-order valence-corrected chi connectivity index (χ2v) is 6.99. The molecular formula is C17H25NOS. The number of thioether (sulfide) groups is 1. The molecular weight excluding hydrogens is 266 g/mol. The van der Waals surface area contributed by atoms with E-state index in [1.807, 2.05) is 0 Å². The van der Waals surface area contributed by atoms with E-state index in [1.54, 1.807) is 11.8 Å². The van der Waals surface area contributed by atoms with Crippen LogP contribution in [0.1, 0.15) is 51.5 Å². The summed E-state index contributed by atoms with van der Waals surface area (Å²) in [4.78, 5) is 15.5. The van der Waals surface area contributed by atoms with E-state index in [1.165, 1.54) is 16.9 Å². The third-order valence-corrected chi connectivity index (χ3v) is 5.03. The molecule has 0 bridgehead atoms. The molecule has 2 rings (SSSR count). The fraction of sp³-hybridized carbons (Fsp3) is 0.588. The standard InChI is InChI=1S/C17H25NOS/c1-13(2)15-7-9-16(10-8-15)20-12-17(19)18-11-5-4-6-14(18)3/h7-10,13-14H,4-6,11-12H2,1-3H3. The number of carbonyl (C=O) groups excluding carboxylic acids is 1. The summed E-state index contributed by atoms with van der Waals surface area (Å²) in [6.07, 6.45) is 3.57. The summed E-state index contributed by atoms with van der Waals surface area (Å²) in [6, 6.07) is 9.02. The van der Waals surface area contributed by atoms with Gasteiger partial charge in [0.05, 0.1) is 5.75 Å². The Hall–Kier alpha value is -0.960. The molecule has 2 nitrogen and oxygen atoms in total. The molecule has 1 heterocycles. The Morgan fingerprint density at radius 2 is 2.00 bits per heavy atom. The SMILES string of the molecule is CC(C)c1ccc(SCC(=O)N2CCCCC2C)cc1. The third-order valence-electron chi connectivity index (χ3n) is 4.03. The van der Waals surface area contributed by atoms with Gasteiger partial charge in [0.25, 0.3) is 0 Å². The van der Waals surface area contributed by atoms with Crippen molar-refractivity contribution < 1.29 is 4.79 Å². The molecule has 0 aliphatic carbocycles. The van der Waals surface area contributed by atoms with Crippen LogP contribution in [0.15, 0.2) is 29.2 Å². The van der Waals surface area contributed by atoms with Gasteiger partial charge < -0.3 is 4.90 Å². The highest BCUT2D eigenvalue weighted by Crippen LogP contribution is 2.23. The minimum Gasteiger partial charge on any atom is -0.339 e. The van der Waals surface area contributed by atoms with Gasteiger partial charge in [-0.15, -0.1) is 11.8 Å². The Morgan fingerprint density at radius 3 is 2.60 bits per heavy atom. The highest BCUT2D eigenvalue weighted by molar-refractivity contribution is 8.00. The summed E-state index contributed by atoms with van der Waals surface area (Å²) in [7, 11) is 0. The van der Waals surface area contributed by atoms with Crippen LogP contribution >= 0.6 is 11.8 Å². The van der Waals surface area contributed by atoms with Gasteiger partial charge in [0.15, 0.2) is 0 Å². The Labute approximate surface area is 126 Å². The maximum Gasteiger partial charge on any atom is 0.233 e. The minimum absolute atomic E-state index is 0.287. The molecule has 20 heavy (non-hydrogen) atoms. The van der Waals surface area contributed by atoms with Gasteiger partial charge in [0, 0.05) is 17.5 Å². The van der Waals surface area contributed by atoms with Crippen molar-refractivity contribution >= 4 is 17.7 Å². The van der Waals surface area contributed by atoms with Crippen molar-refractivity contribution in [1.29, 1.82) is 0 Å². The number of piperidine rings is 1. The van der Waals surface area contributed by atoms with Crippen LogP contribution in [0.25, 0.3) is 0 Å². The molecule has 1 aromatic carbocycles. The van der Waals surface area contributed by atoms with Gasteiger partial charge in [-0.05, 0) is 49.8 Å². The van der Waals surface area contributed by atoms with Gasteiger partial charge in [-0.2, -0.15) is 0 Å². The highest BCUT2D eigenvalue weighted by Gasteiger charge is 2.22. The minimum atomic E-state index is 0.287. The predicted octanol–water partition coefficient (Wildman–Crippen LogP) is 4.30. The van der Waals surface area contributed by atoms with Crippen LogP contribution in [-0.4, -0.2) is 29.1 Å². The second-order valence-electron chi connectivity index (χ2n) is 5.94. The van der Waals surface area contributed by atoms with Crippen LogP contribution in [0.4, 0.5) is 0 Å². The smallest absolute Gasteiger partial charge is 0.233 e. The van der Waals surface area contributed by atoms with Gasteiger partial charge in [0.1, 0.15) is 0 Å². The van der Waals surface area contributed by atoms with Crippen LogP contribution in [-0.2, 0) is 4.79 Å². The van der Waals surface area contributed by atoms with Crippen LogP contribution < -0.4 is 0 Å². The van der Waals surface area contributed by atoms with Crippen LogP contribution in [0.5, 0.6) is 0 Å². The maximum absolute atomic E-state index is 12.3. The van der Waals surface area contributed by atoms with Crippen molar-refractivity contribution in [2.45, 2.75) is 56.9 Å². The molecule has 1 unspecified atom stereocenters. The summed E-state index contributed by atoms with van der Waals surface area (Å²) >= 11 is 1.65. The van der Waals surface area contributed by atoms with E-state index in [0.717, 1.165) is 19.4 Å². The van der Waals surface area contributed by atoms with Gasteiger partial charge in [-0.3, -0.25) is 4.79 Å². The summed E-state index contributed by atoms with van der Waals surface area (Å²) in [5.74, 6) is 1.41. The molecule has 0 radical (unpaired) electrons. The van der Waals surface area contributed by atoms with Gasteiger partial charge in [-0.25, -0.2) is 0 Å². The van der Waals surface area contributed by atoms with E-state index in [4.69, 9.17) is 0 Å². The molecule has 1 aromatic rings. The maximum atomic E-state index is 12.3. The topological polar surface area (TPSA) is 20.3 Å². The molecule has 1 aliphatic rings. The zero-order chi connectivity index (χ0) is 14.5. The number of benzene rings is 1. The average molecular weight is 291 g/mol. The van der Waals surface area contributed by atoms with Crippen molar-refractivity contribution in [1.82, 2.24) is 4.90 Å². The number of likely N-dealkylation sites (tertiary alicyclic amines) is 1. The highest BCUT2D eigenvalue weighted by atomic mass is 32.2. The number of rotatable bonds is 4. The molecule has 0 saturated carbocycles. The lowest BCUT2D eigenvalue weighted by atomic mass is 10.0. The monoisotopic (exact) mass is 291 g/mol. The zero-order valence-corrected chi connectivity index (χ0v) is 13.6. The normalized spacial score (nSPS) is 19.4. The van der Waals surface area contributed by atoms with Crippen molar-refractivity contribution in [3.8, 4) is 0 Å². The Kier molecular flexibility index (Phi) is 5.53. The summed E-state index contributed by atoms with van der Waals surface area (Å²) in [5, 5.41) is 0. The third kappa shape index (κ3) is 4.02. The summed E-state index contributed by atoms with van der Waals surface area (Å²) in [5.41, 5.74) is 1.35. The molecule has 1 fully saturated rings. The fourth-order valence-electron chi connectivity index (χ4n) is 2.65. The van der Waals surface area contributed by atoms with Crippen LogP contribution in [0.2, 0.25) is 0 Å². The molecule has 1 saturated heterocycles. The lowest BCUT2D eigenvalue weighted by Crippen LogP contribution is -2.42. The quantitative estimate of drug-likeness (QED) is 0.771. The second kappa shape index (κ2) is 7.16. The first-order chi connectivity index (χ1) is 9.58. The van der Waals surface area contributed by atoms with E-state index in [-0.39, 0.29) is 5.91 Å². The first kappa shape index (κ1) is 15.4. The number of carbonyl (C=O) groups is 1. The molecule has 1 aliphatic heterocycles. The zero-order valence-electron chi connectivity index (χ0n) is 12.8. The molecule has 0 spiro atoms. The van der Waals surface area contributed by atoms with E-state index in [0.29, 0.717) is 17.7 Å². The molecule has 0 aromatic heterocycles. The van der Waals surface area contributed by atoms with E-state index < -0.39 is 0 Å². The van der Waals surface area contributed by atoms with Crippen molar-refractivity contribution in [2.75, 3.05) is 12.3 Å². The number of hydrogen-bond donors (Lipinski definition) is 0. The number of amides is 1. The lowest BCUT2D eigenvalue weighted by Gasteiger charge is -2.33. The molecule has 3 heteroatoms. The van der Waals surface area contributed by atoms with E-state index in [2.05, 4.69) is 49.9 Å². The number of hydrogen-bond acceptors (Lipinski definition) is 2. The molecule has 1 atom stereocenters. The molecule has 110 valence electrons. The first-order valence-electron chi connectivity index (χ1n) is 7.60. The van der Waals surface area contributed by atoms with Crippen molar-refractivity contribution in [3.05, 3.63) is 29.8 Å². The lowest BCUT2D eigenvalue weighted by molar-refractivity contribution is -0.131.